The van der Waals surface area contributed by atoms with Gasteiger partial charge in [0.2, 0.25) is 0 Å². The fourth-order valence-electron chi connectivity index (χ4n) is 3.80. The quantitative estimate of drug-likeness (QED) is 0.569. The molecule has 1 N–H and O–H groups in total. The predicted octanol–water partition coefficient (Wildman–Crippen LogP) is 4.58. The summed E-state index contributed by atoms with van der Waals surface area (Å²) in [4.78, 5) is 11.2. The molecule has 5 heteroatoms. The minimum atomic E-state index is -1.00. The number of hydrogen-bond acceptors (Lipinski definition) is 3. The number of carboxylic acids is 1. The second-order valence-electron chi connectivity index (χ2n) is 8.25. The highest BCUT2D eigenvalue weighted by Crippen LogP contribution is 2.46. The lowest BCUT2D eigenvalue weighted by Crippen LogP contribution is -2.18. The molecule has 0 aliphatic carbocycles. The Bertz CT molecular complexity index is 1010. The molecular formula is C25H28O4Si. The zero-order valence-corrected chi connectivity index (χ0v) is 19.9. The van der Waals surface area contributed by atoms with E-state index in [2.05, 4.69) is 45.0 Å². The maximum absolute atomic E-state index is 11.2. The largest absolute Gasteiger partial charge is 0.481 e. The van der Waals surface area contributed by atoms with Crippen molar-refractivity contribution >= 4 is 16.5 Å². The Labute approximate surface area is 181 Å². The SMILES string of the molecule is CC(C)(C)c1c(-c2ccccc2)cc(OCC(=O)O)c(CO[SiH3])c1-c1ccccc1. The summed E-state index contributed by atoms with van der Waals surface area (Å²) in [5.74, 6) is -0.450. The van der Waals surface area contributed by atoms with Gasteiger partial charge < -0.3 is 14.3 Å². The summed E-state index contributed by atoms with van der Waals surface area (Å²) in [6.45, 7) is 6.58. The van der Waals surface area contributed by atoms with Crippen LogP contribution in [-0.4, -0.2) is 28.2 Å². The second-order valence-corrected chi connectivity index (χ2v) is 8.83. The molecule has 0 heterocycles. The average molecular weight is 421 g/mol. The number of rotatable bonds is 7. The molecule has 0 saturated heterocycles. The van der Waals surface area contributed by atoms with E-state index in [0.29, 0.717) is 22.8 Å². The lowest BCUT2D eigenvalue weighted by molar-refractivity contribution is -0.139. The van der Waals surface area contributed by atoms with Crippen LogP contribution in [0.15, 0.2) is 66.7 Å². The molecule has 3 rings (SSSR count). The molecule has 0 unspecified atom stereocenters. The van der Waals surface area contributed by atoms with Crippen LogP contribution >= 0.6 is 0 Å². The molecule has 0 amide bonds. The van der Waals surface area contributed by atoms with Gasteiger partial charge in [-0.3, -0.25) is 0 Å². The van der Waals surface area contributed by atoms with Crippen LogP contribution in [-0.2, 0) is 21.2 Å². The van der Waals surface area contributed by atoms with Crippen LogP contribution in [0.25, 0.3) is 22.3 Å². The molecular weight excluding hydrogens is 392 g/mol. The van der Waals surface area contributed by atoms with Crippen LogP contribution in [0.3, 0.4) is 0 Å². The summed E-state index contributed by atoms with van der Waals surface area (Å²) in [6, 6.07) is 22.3. The van der Waals surface area contributed by atoms with Crippen molar-refractivity contribution in [2.24, 2.45) is 0 Å². The molecule has 0 atom stereocenters. The summed E-state index contributed by atoms with van der Waals surface area (Å²) >= 11 is 0. The molecule has 0 radical (unpaired) electrons. The molecule has 0 aliphatic rings. The van der Waals surface area contributed by atoms with Gasteiger partial charge in [0.15, 0.2) is 6.61 Å². The average Bonchev–Trinajstić information content (AvgIpc) is 2.73. The highest BCUT2D eigenvalue weighted by molar-refractivity contribution is 5.98. The Morgan fingerprint density at radius 3 is 2.03 bits per heavy atom. The van der Waals surface area contributed by atoms with Gasteiger partial charge in [-0.2, -0.15) is 0 Å². The van der Waals surface area contributed by atoms with Gasteiger partial charge in [-0.25, -0.2) is 4.79 Å². The fourth-order valence-corrected chi connectivity index (χ4v) is 4.09. The lowest BCUT2D eigenvalue weighted by Gasteiger charge is -2.30. The van der Waals surface area contributed by atoms with Crippen molar-refractivity contribution in [1.29, 1.82) is 0 Å². The van der Waals surface area contributed by atoms with Gasteiger partial charge in [0.25, 0.3) is 0 Å². The first-order chi connectivity index (χ1) is 14.3. The Morgan fingerprint density at radius 1 is 0.967 bits per heavy atom. The van der Waals surface area contributed by atoms with Crippen LogP contribution in [0.4, 0.5) is 0 Å². The Morgan fingerprint density at radius 2 is 1.53 bits per heavy atom. The number of hydrogen-bond donors (Lipinski definition) is 1. The second kappa shape index (κ2) is 9.28. The van der Waals surface area contributed by atoms with Gasteiger partial charge in [-0.1, -0.05) is 81.4 Å². The van der Waals surface area contributed by atoms with E-state index in [9.17, 15) is 9.90 Å². The first-order valence-electron chi connectivity index (χ1n) is 9.97. The van der Waals surface area contributed by atoms with E-state index in [-0.39, 0.29) is 5.41 Å². The van der Waals surface area contributed by atoms with Crippen LogP contribution < -0.4 is 4.74 Å². The Hall–Kier alpha value is -2.89. The molecule has 0 fully saturated rings. The van der Waals surface area contributed by atoms with Gasteiger partial charge >= 0.3 is 5.97 Å². The topological polar surface area (TPSA) is 55.8 Å². The highest BCUT2D eigenvalue weighted by atomic mass is 28.2. The standard InChI is InChI=1S/C25H28O4Si/c1-25(2,3)24-19(17-10-6-4-7-11-17)14-21(28-16-22(26)27)20(15-29-30)23(24)18-12-8-5-9-13-18/h4-14H,15-16H2,1-3,30H3,(H,26,27). The lowest BCUT2D eigenvalue weighted by atomic mass is 9.75. The smallest absolute Gasteiger partial charge is 0.341 e. The maximum atomic E-state index is 11.2. The monoisotopic (exact) mass is 420 g/mol. The van der Waals surface area contributed by atoms with E-state index in [1.54, 1.807) is 0 Å². The summed E-state index contributed by atoms with van der Waals surface area (Å²) in [6.07, 6.45) is 0. The van der Waals surface area contributed by atoms with E-state index < -0.39 is 12.6 Å². The Balaban J connectivity index is 2.42. The van der Waals surface area contributed by atoms with Crippen LogP contribution in [0.5, 0.6) is 5.75 Å². The van der Waals surface area contributed by atoms with Crippen molar-refractivity contribution in [3.8, 4) is 28.0 Å². The summed E-state index contributed by atoms with van der Waals surface area (Å²) in [7, 11) is 0.572. The predicted molar refractivity (Wildman–Crippen MR) is 124 cm³/mol. The summed E-state index contributed by atoms with van der Waals surface area (Å²) in [5.41, 5.74) is 6.15. The van der Waals surface area contributed by atoms with Gasteiger partial charge in [0.05, 0.1) is 6.61 Å². The number of ether oxygens (including phenoxy) is 1. The number of benzene rings is 3. The van der Waals surface area contributed by atoms with Crippen LogP contribution in [0.2, 0.25) is 0 Å². The fraction of sp³-hybridized carbons (Fsp3) is 0.240. The maximum Gasteiger partial charge on any atom is 0.341 e. The zero-order chi connectivity index (χ0) is 21.7. The van der Waals surface area contributed by atoms with Gasteiger partial charge in [-0.15, -0.1) is 0 Å². The van der Waals surface area contributed by atoms with Crippen molar-refractivity contribution < 1.29 is 19.1 Å². The van der Waals surface area contributed by atoms with Gasteiger partial charge in [-0.05, 0) is 39.3 Å². The number of carboxylic acid groups (broad SMARTS) is 1. The summed E-state index contributed by atoms with van der Waals surface area (Å²) < 4.78 is 11.4. The van der Waals surface area contributed by atoms with Gasteiger partial charge in [0.1, 0.15) is 16.2 Å². The van der Waals surface area contributed by atoms with E-state index in [1.165, 1.54) is 5.56 Å². The summed E-state index contributed by atoms with van der Waals surface area (Å²) in [5, 5.41) is 9.20. The first-order valence-corrected chi connectivity index (χ1v) is 10.8. The van der Waals surface area contributed by atoms with Crippen LogP contribution in [0, 0.1) is 0 Å². The normalized spacial score (nSPS) is 11.4. The van der Waals surface area contributed by atoms with E-state index >= 15 is 0 Å². The van der Waals surface area contributed by atoms with E-state index in [1.807, 2.05) is 42.5 Å². The minimum Gasteiger partial charge on any atom is -0.481 e. The first kappa shape index (κ1) is 21.8. The molecule has 0 spiro atoms. The number of aliphatic carboxylic acids is 1. The van der Waals surface area contributed by atoms with Crippen molar-refractivity contribution in [3.63, 3.8) is 0 Å². The third-order valence-corrected chi connectivity index (χ3v) is 5.22. The molecule has 0 aliphatic heterocycles. The molecule has 0 aromatic heterocycles. The molecule has 0 saturated carbocycles. The van der Waals surface area contributed by atoms with Crippen molar-refractivity contribution in [3.05, 3.63) is 77.9 Å². The van der Waals surface area contributed by atoms with Crippen molar-refractivity contribution in [2.75, 3.05) is 6.61 Å². The highest BCUT2D eigenvalue weighted by Gasteiger charge is 2.28. The van der Waals surface area contributed by atoms with E-state index in [0.717, 1.165) is 27.8 Å². The van der Waals surface area contributed by atoms with Crippen LogP contribution in [0.1, 0.15) is 31.9 Å². The Kier molecular flexibility index (Phi) is 6.75. The molecule has 30 heavy (non-hydrogen) atoms. The number of carbonyl (C=O) groups is 1. The van der Waals surface area contributed by atoms with E-state index in [4.69, 9.17) is 9.16 Å². The zero-order valence-electron chi connectivity index (χ0n) is 17.9. The van der Waals surface area contributed by atoms with Gasteiger partial charge in [0, 0.05) is 5.56 Å². The molecule has 4 nitrogen and oxygen atoms in total. The molecule has 3 aromatic carbocycles. The third-order valence-electron chi connectivity index (χ3n) is 4.93. The molecule has 3 aromatic rings. The third kappa shape index (κ3) is 4.80. The molecule has 156 valence electrons. The van der Waals surface area contributed by atoms with Crippen molar-refractivity contribution in [1.82, 2.24) is 0 Å². The van der Waals surface area contributed by atoms with Crippen molar-refractivity contribution in [2.45, 2.75) is 32.8 Å². The molecule has 0 bridgehead atoms. The minimum absolute atomic E-state index is 0.165.